The van der Waals surface area contributed by atoms with Gasteiger partial charge in [-0.05, 0) is 22.7 Å². The number of aliphatic hydroxyl groups excluding tert-OH is 1. The molecule has 0 aliphatic carbocycles. The molecule has 1 rings (SSSR count). The third-order valence-corrected chi connectivity index (χ3v) is 3.55. The van der Waals surface area contributed by atoms with Crippen LogP contribution in [0.1, 0.15) is 6.92 Å². The normalized spacial score (nSPS) is 24.6. The average molecular weight is 373 g/mol. The standard InChI is InChI=1S/C9H10BrIO3/c1-5(4-11)8(12)7-2-6(3-10)9(13)14-7/h2,4,7-8,12H,3H2,1H3/b5-4-/t7-,8-/m0/s1. The minimum absolute atomic E-state index is 0.354. The molecular weight excluding hydrogens is 363 g/mol. The number of cyclic esters (lactones) is 1. The number of alkyl halides is 1. The predicted molar refractivity (Wildman–Crippen MR) is 65.5 cm³/mol. The largest absolute Gasteiger partial charge is 0.452 e. The summed E-state index contributed by atoms with van der Waals surface area (Å²) >= 11 is 5.22. The number of esters is 1. The maximum Gasteiger partial charge on any atom is 0.335 e. The average Bonchev–Trinajstić information content (AvgIpc) is 2.57. The maximum atomic E-state index is 11.2. The van der Waals surface area contributed by atoms with Gasteiger partial charge < -0.3 is 9.84 Å². The highest BCUT2D eigenvalue weighted by Gasteiger charge is 2.30. The summed E-state index contributed by atoms with van der Waals surface area (Å²) in [6, 6.07) is 0. The van der Waals surface area contributed by atoms with E-state index in [-0.39, 0.29) is 5.97 Å². The number of hydrogen-bond donors (Lipinski definition) is 1. The molecular formula is C9H10BrIO3. The molecule has 78 valence electrons. The Bertz CT molecular complexity index is 298. The van der Waals surface area contributed by atoms with Crippen molar-refractivity contribution in [3.8, 4) is 0 Å². The molecule has 0 aromatic rings. The number of halogens is 2. The summed E-state index contributed by atoms with van der Waals surface area (Å²) in [7, 11) is 0. The van der Waals surface area contributed by atoms with Gasteiger partial charge in [0.25, 0.3) is 0 Å². The van der Waals surface area contributed by atoms with Crippen LogP contribution >= 0.6 is 38.5 Å². The van der Waals surface area contributed by atoms with Crippen molar-refractivity contribution in [2.75, 3.05) is 5.33 Å². The molecule has 0 amide bonds. The molecule has 0 fully saturated rings. The SMILES string of the molecule is C/C(=C/I)[C@H](O)[C@@H]1C=C(CBr)C(=O)O1. The zero-order valence-electron chi connectivity index (χ0n) is 7.54. The molecule has 3 nitrogen and oxygen atoms in total. The van der Waals surface area contributed by atoms with Gasteiger partial charge in [-0.3, -0.25) is 0 Å². The van der Waals surface area contributed by atoms with E-state index in [9.17, 15) is 9.90 Å². The Kier molecular flexibility index (Phi) is 4.59. The van der Waals surface area contributed by atoms with Gasteiger partial charge in [-0.1, -0.05) is 38.5 Å². The van der Waals surface area contributed by atoms with E-state index < -0.39 is 12.2 Å². The highest BCUT2D eigenvalue weighted by atomic mass is 127. The smallest absolute Gasteiger partial charge is 0.335 e. The van der Waals surface area contributed by atoms with E-state index in [1.807, 2.05) is 22.6 Å². The molecule has 0 unspecified atom stereocenters. The summed E-state index contributed by atoms with van der Waals surface area (Å²) in [5.74, 6) is -0.354. The summed E-state index contributed by atoms with van der Waals surface area (Å²) in [6.45, 7) is 1.80. The fourth-order valence-electron chi connectivity index (χ4n) is 1.08. The van der Waals surface area contributed by atoms with Crippen LogP contribution in [-0.2, 0) is 9.53 Å². The predicted octanol–water partition coefficient (Wildman–Crippen LogP) is 1.93. The van der Waals surface area contributed by atoms with Gasteiger partial charge >= 0.3 is 5.97 Å². The molecule has 0 saturated carbocycles. The first-order valence-electron chi connectivity index (χ1n) is 4.02. The highest BCUT2D eigenvalue weighted by molar-refractivity contribution is 14.1. The van der Waals surface area contributed by atoms with Crippen LogP contribution < -0.4 is 0 Å². The first-order chi connectivity index (χ1) is 6.60. The molecule has 0 saturated heterocycles. The van der Waals surface area contributed by atoms with Crippen LogP contribution in [0.4, 0.5) is 0 Å². The quantitative estimate of drug-likeness (QED) is 0.468. The van der Waals surface area contributed by atoms with E-state index in [0.29, 0.717) is 10.9 Å². The summed E-state index contributed by atoms with van der Waals surface area (Å²) in [4.78, 5) is 11.2. The lowest BCUT2D eigenvalue weighted by molar-refractivity contribution is -0.142. The summed E-state index contributed by atoms with van der Waals surface area (Å²) < 4.78 is 6.77. The van der Waals surface area contributed by atoms with Crippen LogP contribution in [0.25, 0.3) is 0 Å². The number of carbonyl (C=O) groups excluding carboxylic acids is 1. The number of carbonyl (C=O) groups is 1. The third-order valence-electron chi connectivity index (χ3n) is 1.96. The zero-order valence-corrected chi connectivity index (χ0v) is 11.3. The van der Waals surface area contributed by atoms with E-state index >= 15 is 0 Å². The fourth-order valence-corrected chi connectivity index (χ4v) is 1.86. The first-order valence-corrected chi connectivity index (χ1v) is 6.39. The van der Waals surface area contributed by atoms with Crippen LogP contribution in [0.5, 0.6) is 0 Å². The molecule has 14 heavy (non-hydrogen) atoms. The third kappa shape index (κ3) is 2.58. The Labute approximate surface area is 104 Å². The van der Waals surface area contributed by atoms with Crippen molar-refractivity contribution in [2.45, 2.75) is 19.1 Å². The summed E-state index contributed by atoms with van der Waals surface area (Å²) in [6.07, 6.45) is 0.374. The van der Waals surface area contributed by atoms with Gasteiger partial charge in [0.05, 0.1) is 0 Å². The second kappa shape index (κ2) is 5.27. The van der Waals surface area contributed by atoms with Crippen molar-refractivity contribution in [3.63, 3.8) is 0 Å². The van der Waals surface area contributed by atoms with Crippen molar-refractivity contribution in [1.29, 1.82) is 0 Å². The highest BCUT2D eigenvalue weighted by Crippen LogP contribution is 2.21. The number of hydrogen-bond acceptors (Lipinski definition) is 3. The molecule has 2 atom stereocenters. The second-order valence-corrected chi connectivity index (χ2v) is 4.18. The molecule has 0 spiro atoms. The van der Waals surface area contributed by atoms with Gasteiger partial charge in [0, 0.05) is 10.9 Å². The van der Waals surface area contributed by atoms with E-state index in [0.717, 1.165) is 5.57 Å². The van der Waals surface area contributed by atoms with Crippen LogP contribution in [0.2, 0.25) is 0 Å². The molecule has 1 aliphatic heterocycles. The molecule has 0 bridgehead atoms. The lowest BCUT2D eigenvalue weighted by atomic mass is 10.1. The zero-order chi connectivity index (χ0) is 10.7. The molecule has 5 heteroatoms. The number of aliphatic hydroxyl groups is 1. The van der Waals surface area contributed by atoms with Gasteiger partial charge in [0.1, 0.15) is 6.10 Å². The van der Waals surface area contributed by atoms with E-state index in [4.69, 9.17) is 4.74 Å². The lowest BCUT2D eigenvalue weighted by Gasteiger charge is -2.15. The lowest BCUT2D eigenvalue weighted by Crippen LogP contribution is -2.26. The Hall–Kier alpha value is 0.120. The summed E-state index contributed by atoms with van der Waals surface area (Å²) in [5, 5.41) is 10.2. The van der Waals surface area contributed by atoms with Crippen molar-refractivity contribution >= 4 is 44.5 Å². The minimum Gasteiger partial charge on any atom is -0.452 e. The number of rotatable bonds is 3. The first kappa shape index (κ1) is 12.2. The molecule has 0 aromatic heterocycles. The Morgan fingerprint density at radius 3 is 3.00 bits per heavy atom. The van der Waals surface area contributed by atoms with Crippen molar-refractivity contribution in [1.82, 2.24) is 0 Å². The van der Waals surface area contributed by atoms with Crippen molar-refractivity contribution < 1.29 is 14.6 Å². The Morgan fingerprint density at radius 1 is 1.93 bits per heavy atom. The van der Waals surface area contributed by atoms with E-state index in [2.05, 4.69) is 15.9 Å². The minimum atomic E-state index is -0.743. The van der Waals surface area contributed by atoms with Gasteiger partial charge in [-0.15, -0.1) is 0 Å². The molecule has 1 aliphatic rings. The Balaban J connectivity index is 2.74. The van der Waals surface area contributed by atoms with E-state index in [1.165, 1.54) is 0 Å². The summed E-state index contributed by atoms with van der Waals surface area (Å²) in [5.41, 5.74) is 1.35. The molecule has 0 aromatic carbocycles. The second-order valence-electron chi connectivity index (χ2n) is 2.99. The van der Waals surface area contributed by atoms with Crippen molar-refractivity contribution in [3.05, 3.63) is 21.3 Å². The monoisotopic (exact) mass is 372 g/mol. The van der Waals surface area contributed by atoms with E-state index in [1.54, 1.807) is 17.1 Å². The van der Waals surface area contributed by atoms with Gasteiger partial charge in [0.2, 0.25) is 0 Å². The number of ether oxygens (including phenoxy) is 1. The topological polar surface area (TPSA) is 46.5 Å². The molecule has 0 radical (unpaired) electrons. The van der Waals surface area contributed by atoms with Gasteiger partial charge in [-0.2, -0.15) is 0 Å². The van der Waals surface area contributed by atoms with Crippen molar-refractivity contribution in [2.24, 2.45) is 0 Å². The Morgan fingerprint density at radius 2 is 2.57 bits per heavy atom. The van der Waals surface area contributed by atoms with Crippen LogP contribution in [0.15, 0.2) is 21.3 Å². The van der Waals surface area contributed by atoms with Crippen LogP contribution in [0.3, 0.4) is 0 Å². The maximum absolute atomic E-state index is 11.2. The van der Waals surface area contributed by atoms with Crippen LogP contribution in [0, 0.1) is 0 Å². The molecule has 1 N–H and O–H groups in total. The fraction of sp³-hybridized carbons (Fsp3) is 0.444. The molecule has 1 heterocycles. The van der Waals surface area contributed by atoms with Crippen LogP contribution in [-0.4, -0.2) is 28.6 Å². The van der Waals surface area contributed by atoms with Gasteiger partial charge in [-0.25, -0.2) is 4.79 Å². The van der Waals surface area contributed by atoms with Gasteiger partial charge in [0.15, 0.2) is 6.10 Å².